The first-order chi connectivity index (χ1) is 8.31. The molecular formula is C14H24N2S. The van der Waals surface area contributed by atoms with E-state index in [0.29, 0.717) is 0 Å². The third-order valence-corrected chi connectivity index (χ3v) is 4.75. The quantitative estimate of drug-likeness (QED) is 0.837. The number of likely N-dealkylation sites (N-methyl/N-ethyl adjacent to an activating group) is 1. The zero-order valence-corrected chi connectivity index (χ0v) is 11.9. The molecule has 0 radical (unpaired) electrons. The molecule has 1 aliphatic rings. The largest absolute Gasteiger partial charge is 0.313 e. The third-order valence-electron chi connectivity index (χ3n) is 3.53. The number of hydrogen-bond donors (Lipinski definition) is 1. The number of nitrogens with zero attached hydrogens (tertiary/aromatic N) is 1. The van der Waals surface area contributed by atoms with Crippen LogP contribution in [0.2, 0.25) is 0 Å². The smallest absolute Gasteiger partial charge is 0.0328 e. The minimum atomic E-state index is 0.723. The zero-order valence-electron chi connectivity index (χ0n) is 11.0. The Balaban J connectivity index is 1.85. The molecule has 96 valence electrons. The van der Waals surface area contributed by atoms with Gasteiger partial charge in [-0.15, -0.1) is 11.3 Å². The van der Waals surface area contributed by atoms with Crippen LogP contribution in [0.5, 0.6) is 0 Å². The molecule has 1 aromatic rings. The van der Waals surface area contributed by atoms with Crippen LogP contribution in [0.1, 0.15) is 36.4 Å². The van der Waals surface area contributed by atoms with Crippen molar-refractivity contribution in [2.45, 2.75) is 45.7 Å². The van der Waals surface area contributed by atoms with Crippen LogP contribution in [-0.4, -0.2) is 30.6 Å². The number of aryl methyl sites for hydroxylation is 1. The second-order valence-electron chi connectivity index (χ2n) is 4.84. The van der Waals surface area contributed by atoms with Gasteiger partial charge in [-0.2, -0.15) is 0 Å². The Morgan fingerprint density at radius 1 is 1.35 bits per heavy atom. The number of nitrogens with one attached hydrogen (secondary N) is 1. The second kappa shape index (κ2) is 6.53. The van der Waals surface area contributed by atoms with Crippen LogP contribution in [-0.2, 0) is 13.0 Å². The lowest BCUT2D eigenvalue weighted by Gasteiger charge is -2.23. The SMILES string of the molecule is CCc1ccc(CN(CC)CC2CCCN2)s1. The Morgan fingerprint density at radius 2 is 2.18 bits per heavy atom. The number of hydrogen-bond acceptors (Lipinski definition) is 3. The van der Waals surface area contributed by atoms with Gasteiger partial charge in [-0.3, -0.25) is 4.90 Å². The summed E-state index contributed by atoms with van der Waals surface area (Å²) in [5.41, 5.74) is 0. The van der Waals surface area contributed by atoms with E-state index in [1.54, 1.807) is 0 Å². The average molecular weight is 252 g/mol. The van der Waals surface area contributed by atoms with Crippen molar-refractivity contribution in [3.05, 3.63) is 21.9 Å². The molecule has 2 heterocycles. The van der Waals surface area contributed by atoms with Crippen molar-refractivity contribution in [3.63, 3.8) is 0 Å². The number of rotatable bonds is 6. The van der Waals surface area contributed by atoms with E-state index in [4.69, 9.17) is 0 Å². The fraction of sp³-hybridized carbons (Fsp3) is 0.714. The van der Waals surface area contributed by atoms with Crippen molar-refractivity contribution < 1.29 is 0 Å². The summed E-state index contributed by atoms with van der Waals surface area (Å²) in [7, 11) is 0. The summed E-state index contributed by atoms with van der Waals surface area (Å²) in [5, 5.41) is 3.59. The topological polar surface area (TPSA) is 15.3 Å². The summed E-state index contributed by atoms with van der Waals surface area (Å²) < 4.78 is 0. The lowest BCUT2D eigenvalue weighted by atomic mass is 10.2. The standard InChI is InChI=1S/C14H24N2S/c1-3-13-7-8-14(17-13)11-16(4-2)10-12-6-5-9-15-12/h7-8,12,15H,3-6,9-11H2,1-2H3. The molecular weight excluding hydrogens is 228 g/mol. The molecule has 2 rings (SSSR count). The molecule has 2 nitrogen and oxygen atoms in total. The van der Waals surface area contributed by atoms with Crippen molar-refractivity contribution in [2.75, 3.05) is 19.6 Å². The average Bonchev–Trinajstić information content (AvgIpc) is 2.99. The maximum Gasteiger partial charge on any atom is 0.0328 e. The number of thiophene rings is 1. The first kappa shape index (κ1) is 13.1. The third kappa shape index (κ3) is 3.80. The molecule has 1 N–H and O–H groups in total. The molecule has 0 bridgehead atoms. The molecule has 0 saturated carbocycles. The first-order valence-corrected chi connectivity index (χ1v) is 7.66. The Hall–Kier alpha value is -0.380. The Morgan fingerprint density at radius 3 is 2.76 bits per heavy atom. The molecule has 1 saturated heterocycles. The second-order valence-corrected chi connectivity index (χ2v) is 6.10. The van der Waals surface area contributed by atoms with Gasteiger partial charge < -0.3 is 5.32 Å². The highest BCUT2D eigenvalue weighted by Gasteiger charge is 2.17. The molecule has 0 aliphatic carbocycles. The molecule has 1 aromatic heterocycles. The molecule has 0 spiro atoms. The molecule has 0 aromatic carbocycles. The van der Waals surface area contributed by atoms with Crippen molar-refractivity contribution in [1.29, 1.82) is 0 Å². The van der Waals surface area contributed by atoms with Crippen LogP contribution >= 0.6 is 11.3 Å². The summed E-state index contributed by atoms with van der Waals surface area (Å²) in [6, 6.07) is 5.30. The van der Waals surface area contributed by atoms with Gasteiger partial charge in [0.2, 0.25) is 0 Å². The molecule has 3 heteroatoms. The van der Waals surface area contributed by atoms with Crippen LogP contribution in [0.15, 0.2) is 12.1 Å². The maximum atomic E-state index is 3.59. The van der Waals surface area contributed by atoms with Gasteiger partial charge in [0.25, 0.3) is 0 Å². The van der Waals surface area contributed by atoms with Crippen LogP contribution in [0.25, 0.3) is 0 Å². The van der Waals surface area contributed by atoms with Gasteiger partial charge in [0.15, 0.2) is 0 Å². The van der Waals surface area contributed by atoms with E-state index in [-0.39, 0.29) is 0 Å². The van der Waals surface area contributed by atoms with Crippen LogP contribution in [0.3, 0.4) is 0 Å². The summed E-state index contributed by atoms with van der Waals surface area (Å²) in [5.74, 6) is 0. The van der Waals surface area contributed by atoms with E-state index in [1.165, 1.54) is 42.1 Å². The van der Waals surface area contributed by atoms with E-state index < -0.39 is 0 Å². The molecule has 0 amide bonds. The van der Waals surface area contributed by atoms with Crippen LogP contribution in [0, 0.1) is 0 Å². The monoisotopic (exact) mass is 252 g/mol. The van der Waals surface area contributed by atoms with Gasteiger partial charge >= 0.3 is 0 Å². The zero-order chi connectivity index (χ0) is 12.1. The van der Waals surface area contributed by atoms with Crippen LogP contribution in [0.4, 0.5) is 0 Å². The Bertz CT molecular complexity index is 329. The van der Waals surface area contributed by atoms with E-state index >= 15 is 0 Å². The molecule has 1 atom stereocenters. The molecule has 1 unspecified atom stereocenters. The molecule has 1 fully saturated rings. The molecule has 1 aliphatic heterocycles. The Kier molecular flexibility index (Phi) is 5.01. The van der Waals surface area contributed by atoms with Gasteiger partial charge in [-0.1, -0.05) is 13.8 Å². The highest BCUT2D eigenvalue weighted by atomic mass is 32.1. The lowest BCUT2D eigenvalue weighted by molar-refractivity contribution is 0.255. The Labute approximate surface area is 109 Å². The summed E-state index contributed by atoms with van der Waals surface area (Å²) in [4.78, 5) is 5.59. The van der Waals surface area contributed by atoms with E-state index in [0.717, 1.165) is 19.1 Å². The van der Waals surface area contributed by atoms with Crippen molar-refractivity contribution >= 4 is 11.3 Å². The van der Waals surface area contributed by atoms with Crippen LogP contribution < -0.4 is 5.32 Å². The molecule has 17 heavy (non-hydrogen) atoms. The highest BCUT2D eigenvalue weighted by Crippen LogP contribution is 2.19. The predicted molar refractivity (Wildman–Crippen MR) is 75.7 cm³/mol. The lowest BCUT2D eigenvalue weighted by Crippen LogP contribution is -2.36. The normalized spacial score (nSPS) is 20.3. The van der Waals surface area contributed by atoms with Gasteiger partial charge in [0.05, 0.1) is 0 Å². The van der Waals surface area contributed by atoms with E-state index in [2.05, 4.69) is 36.2 Å². The van der Waals surface area contributed by atoms with Gasteiger partial charge in [0.1, 0.15) is 0 Å². The summed E-state index contributed by atoms with van der Waals surface area (Å²) >= 11 is 1.97. The van der Waals surface area contributed by atoms with Crippen molar-refractivity contribution in [1.82, 2.24) is 10.2 Å². The summed E-state index contributed by atoms with van der Waals surface area (Å²) in [6.45, 7) is 9.19. The van der Waals surface area contributed by atoms with Gasteiger partial charge in [-0.25, -0.2) is 0 Å². The fourth-order valence-corrected chi connectivity index (χ4v) is 3.45. The van der Waals surface area contributed by atoms with Gasteiger partial charge in [-0.05, 0) is 44.5 Å². The fourth-order valence-electron chi connectivity index (χ4n) is 2.45. The van der Waals surface area contributed by atoms with Gasteiger partial charge in [0, 0.05) is 28.9 Å². The minimum Gasteiger partial charge on any atom is -0.313 e. The first-order valence-electron chi connectivity index (χ1n) is 6.85. The predicted octanol–water partition coefficient (Wildman–Crippen LogP) is 2.88. The highest BCUT2D eigenvalue weighted by molar-refractivity contribution is 7.11. The van der Waals surface area contributed by atoms with E-state index in [9.17, 15) is 0 Å². The maximum absolute atomic E-state index is 3.59. The van der Waals surface area contributed by atoms with E-state index in [1.807, 2.05) is 11.3 Å². The summed E-state index contributed by atoms with van der Waals surface area (Å²) in [6.07, 6.45) is 3.86. The minimum absolute atomic E-state index is 0.723. The van der Waals surface area contributed by atoms with Crippen molar-refractivity contribution in [2.24, 2.45) is 0 Å². The van der Waals surface area contributed by atoms with Crippen molar-refractivity contribution in [3.8, 4) is 0 Å².